The maximum atomic E-state index is 3.69. The van der Waals surface area contributed by atoms with E-state index in [9.17, 15) is 0 Å². The topological polar surface area (TPSA) is 12.0 Å². The summed E-state index contributed by atoms with van der Waals surface area (Å²) in [5.41, 5.74) is 1.47. The lowest BCUT2D eigenvalue weighted by Crippen LogP contribution is -2.41. The van der Waals surface area contributed by atoms with Gasteiger partial charge in [-0.25, -0.2) is 0 Å². The van der Waals surface area contributed by atoms with E-state index in [2.05, 4.69) is 70.9 Å². The summed E-state index contributed by atoms with van der Waals surface area (Å²) in [5.74, 6) is 1.35. The molecule has 1 N–H and O–H groups in total. The van der Waals surface area contributed by atoms with Gasteiger partial charge in [0, 0.05) is 14.9 Å². The number of halogens is 1. The fourth-order valence-corrected chi connectivity index (χ4v) is 4.35. The summed E-state index contributed by atoms with van der Waals surface area (Å²) in [7, 11) is 0. The van der Waals surface area contributed by atoms with Crippen molar-refractivity contribution in [3.05, 3.63) is 33.4 Å². The Hall–Kier alpha value is 0.260. The summed E-state index contributed by atoms with van der Waals surface area (Å²) in [6.07, 6.45) is 5.37. The van der Waals surface area contributed by atoms with Crippen LogP contribution in [0.4, 0.5) is 0 Å². The van der Waals surface area contributed by atoms with Crippen LogP contribution in [-0.2, 0) is 6.42 Å². The Morgan fingerprint density at radius 2 is 2.11 bits per heavy atom. The van der Waals surface area contributed by atoms with Gasteiger partial charge < -0.3 is 5.32 Å². The van der Waals surface area contributed by atoms with Gasteiger partial charge in [-0.05, 0) is 71.8 Å². The van der Waals surface area contributed by atoms with Crippen molar-refractivity contribution < 1.29 is 0 Å². The fraction of sp³-hybridized carbons (Fsp3) is 0.600. The van der Waals surface area contributed by atoms with E-state index in [-0.39, 0.29) is 0 Å². The van der Waals surface area contributed by atoms with Crippen molar-refractivity contribution >= 4 is 34.4 Å². The van der Waals surface area contributed by atoms with E-state index in [4.69, 9.17) is 0 Å². The SMILES string of the molecule is CCNC(Cc1ccc(I)cc1)C1CCCCS1. The van der Waals surface area contributed by atoms with Gasteiger partial charge in [0.15, 0.2) is 0 Å². The molecular weight excluding hydrogens is 353 g/mol. The summed E-state index contributed by atoms with van der Waals surface area (Å²) < 4.78 is 1.32. The molecule has 0 aliphatic carbocycles. The Labute approximate surface area is 129 Å². The van der Waals surface area contributed by atoms with Gasteiger partial charge in [-0.2, -0.15) is 11.8 Å². The maximum Gasteiger partial charge on any atom is 0.0226 e. The lowest BCUT2D eigenvalue weighted by Gasteiger charge is -2.30. The first-order valence-corrected chi connectivity index (χ1v) is 9.01. The van der Waals surface area contributed by atoms with E-state index >= 15 is 0 Å². The van der Waals surface area contributed by atoms with E-state index in [0.717, 1.165) is 11.8 Å². The van der Waals surface area contributed by atoms with Crippen LogP contribution in [-0.4, -0.2) is 23.6 Å². The predicted molar refractivity (Wildman–Crippen MR) is 90.4 cm³/mol. The molecule has 1 aromatic carbocycles. The van der Waals surface area contributed by atoms with Crippen LogP contribution in [0, 0.1) is 3.57 Å². The largest absolute Gasteiger partial charge is 0.313 e. The van der Waals surface area contributed by atoms with E-state index in [1.165, 1.54) is 40.6 Å². The first-order chi connectivity index (χ1) is 8.79. The van der Waals surface area contributed by atoms with Crippen molar-refractivity contribution in [2.45, 2.75) is 43.9 Å². The normalized spacial score (nSPS) is 21.8. The number of nitrogens with one attached hydrogen (secondary N) is 1. The number of rotatable bonds is 5. The minimum Gasteiger partial charge on any atom is -0.313 e. The minimum absolute atomic E-state index is 0.639. The summed E-state index contributed by atoms with van der Waals surface area (Å²) in [6.45, 7) is 3.29. The van der Waals surface area contributed by atoms with E-state index in [0.29, 0.717) is 6.04 Å². The molecule has 0 amide bonds. The fourth-order valence-electron chi connectivity index (χ4n) is 2.55. The monoisotopic (exact) mass is 375 g/mol. The number of benzene rings is 1. The zero-order chi connectivity index (χ0) is 12.8. The van der Waals surface area contributed by atoms with Gasteiger partial charge in [0.25, 0.3) is 0 Å². The maximum absolute atomic E-state index is 3.69. The molecule has 1 saturated heterocycles. The zero-order valence-electron chi connectivity index (χ0n) is 11.0. The molecule has 1 nitrogen and oxygen atoms in total. The number of thioether (sulfide) groups is 1. The molecule has 1 aromatic rings. The average molecular weight is 375 g/mol. The Kier molecular flexibility index (Phi) is 6.32. The molecule has 3 heteroatoms. The molecule has 2 atom stereocenters. The molecule has 0 aromatic heterocycles. The minimum atomic E-state index is 0.639. The molecule has 1 heterocycles. The van der Waals surface area contributed by atoms with Gasteiger partial charge in [-0.3, -0.25) is 0 Å². The van der Waals surface area contributed by atoms with Crippen molar-refractivity contribution in [3.8, 4) is 0 Å². The van der Waals surface area contributed by atoms with Crippen molar-refractivity contribution in [2.75, 3.05) is 12.3 Å². The summed E-state index contributed by atoms with van der Waals surface area (Å²) in [4.78, 5) is 0. The second kappa shape index (κ2) is 7.75. The van der Waals surface area contributed by atoms with Crippen molar-refractivity contribution in [1.82, 2.24) is 5.32 Å². The standard InChI is InChI=1S/C15H22INS/c1-2-17-14(15-5-3-4-10-18-15)11-12-6-8-13(16)9-7-12/h6-9,14-15,17H,2-5,10-11H2,1H3. The van der Waals surface area contributed by atoms with Gasteiger partial charge in [0.05, 0.1) is 0 Å². The lowest BCUT2D eigenvalue weighted by molar-refractivity contribution is 0.472. The van der Waals surface area contributed by atoms with Crippen LogP contribution in [0.15, 0.2) is 24.3 Å². The van der Waals surface area contributed by atoms with Crippen molar-refractivity contribution in [3.63, 3.8) is 0 Å². The highest BCUT2D eigenvalue weighted by Crippen LogP contribution is 2.29. The molecule has 0 spiro atoms. The van der Waals surface area contributed by atoms with Gasteiger partial charge in [0.2, 0.25) is 0 Å². The third-order valence-electron chi connectivity index (χ3n) is 3.50. The highest BCUT2D eigenvalue weighted by atomic mass is 127. The molecule has 0 radical (unpaired) electrons. The van der Waals surface area contributed by atoms with Crippen LogP contribution in [0.3, 0.4) is 0 Å². The smallest absolute Gasteiger partial charge is 0.0226 e. The zero-order valence-corrected chi connectivity index (χ0v) is 14.0. The van der Waals surface area contributed by atoms with Crippen LogP contribution in [0.2, 0.25) is 0 Å². The molecule has 0 bridgehead atoms. The molecule has 18 heavy (non-hydrogen) atoms. The Bertz CT molecular complexity index is 346. The first-order valence-electron chi connectivity index (χ1n) is 6.89. The second-order valence-corrected chi connectivity index (χ2v) is 7.49. The van der Waals surface area contributed by atoms with Gasteiger partial charge in [0.1, 0.15) is 0 Å². The van der Waals surface area contributed by atoms with Gasteiger partial charge >= 0.3 is 0 Å². The molecule has 1 aliphatic heterocycles. The third kappa shape index (κ3) is 4.42. The summed E-state index contributed by atoms with van der Waals surface area (Å²) in [6, 6.07) is 9.62. The van der Waals surface area contributed by atoms with Crippen LogP contribution >= 0.6 is 34.4 Å². The van der Waals surface area contributed by atoms with Crippen molar-refractivity contribution in [1.29, 1.82) is 0 Å². The number of likely N-dealkylation sites (N-methyl/N-ethyl adjacent to an activating group) is 1. The lowest BCUT2D eigenvalue weighted by atomic mass is 9.99. The van der Waals surface area contributed by atoms with E-state index in [1.54, 1.807) is 0 Å². The molecule has 100 valence electrons. The highest BCUT2D eigenvalue weighted by molar-refractivity contribution is 14.1. The van der Waals surface area contributed by atoms with Gasteiger partial charge in [-0.1, -0.05) is 25.5 Å². The summed E-state index contributed by atoms with van der Waals surface area (Å²) in [5, 5.41) is 4.50. The van der Waals surface area contributed by atoms with Crippen LogP contribution in [0.25, 0.3) is 0 Å². The molecule has 2 unspecified atom stereocenters. The number of hydrogen-bond donors (Lipinski definition) is 1. The number of hydrogen-bond acceptors (Lipinski definition) is 2. The van der Waals surface area contributed by atoms with E-state index < -0.39 is 0 Å². The van der Waals surface area contributed by atoms with Crippen LogP contribution in [0.5, 0.6) is 0 Å². The first kappa shape index (κ1) is 14.7. The quantitative estimate of drug-likeness (QED) is 0.778. The second-order valence-electron chi connectivity index (χ2n) is 4.90. The molecule has 1 aliphatic rings. The third-order valence-corrected chi connectivity index (χ3v) is 5.73. The summed E-state index contributed by atoms with van der Waals surface area (Å²) >= 11 is 4.54. The van der Waals surface area contributed by atoms with Crippen LogP contribution < -0.4 is 5.32 Å². The van der Waals surface area contributed by atoms with E-state index in [1.807, 2.05) is 0 Å². The molecule has 0 saturated carbocycles. The van der Waals surface area contributed by atoms with Gasteiger partial charge in [-0.15, -0.1) is 0 Å². The average Bonchev–Trinajstić information content (AvgIpc) is 2.42. The Balaban J connectivity index is 1.98. The molecular formula is C15H22INS. The molecule has 2 rings (SSSR count). The van der Waals surface area contributed by atoms with Crippen molar-refractivity contribution in [2.24, 2.45) is 0 Å². The van der Waals surface area contributed by atoms with Crippen LogP contribution in [0.1, 0.15) is 31.7 Å². The highest BCUT2D eigenvalue weighted by Gasteiger charge is 2.23. The Morgan fingerprint density at radius 3 is 2.72 bits per heavy atom. The molecule has 1 fully saturated rings. The predicted octanol–water partition coefficient (Wildman–Crippen LogP) is 4.10. The Morgan fingerprint density at radius 1 is 1.33 bits per heavy atom.